The van der Waals surface area contributed by atoms with Crippen molar-refractivity contribution in [2.24, 2.45) is 0 Å². The summed E-state index contributed by atoms with van der Waals surface area (Å²) in [7, 11) is 0. The van der Waals surface area contributed by atoms with E-state index in [2.05, 4.69) is 15.6 Å². The van der Waals surface area contributed by atoms with Crippen LogP contribution in [0.1, 0.15) is 11.1 Å². The van der Waals surface area contributed by atoms with Gasteiger partial charge < -0.3 is 10.6 Å². The second kappa shape index (κ2) is 8.79. The summed E-state index contributed by atoms with van der Waals surface area (Å²) in [5.41, 5.74) is 2.63. The first-order valence-electron chi connectivity index (χ1n) is 9.84. The zero-order valence-electron chi connectivity index (χ0n) is 16.9. The molecule has 0 radical (unpaired) electrons. The molecule has 1 aromatic heterocycles. The highest BCUT2D eigenvalue weighted by Crippen LogP contribution is 2.20. The quantitative estimate of drug-likeness (QED) is 0.496. The van der Waals surface area contributed by atoms with E-state index < -0.39 is 5.69 Å². The summed E-state index contributed by atoms with van der Waals surface area (Å²) in [6.07, 6.45) is 0. The van der Waals surface area contributed by atoms with Crippen LogP contribution in [0.25, 0.3) is 10.9 Å². The number of hydrogen-bond acceptors (Lipinski definition) is 4. The Bertz CT molecular complexity index is 1300. The van der Waals surface area contributed by atoms with Crippen LogP contribution in [-0.2, 0) is 17.9 Å². The van der Waals surface area contributed by atoms with Gasteiger partial charge in [0, 0.05) is 17.6 Å². The van der Waals surface area contributed by atoms with Gasteiger partial charge in [0.15, 0.2) is 0 Å². The van der Waals surface area contributed by atoms with Gasteiger partial charge in [-0.2, -0.15) is 4.98 Å². The van der Waals surface area contributed by atoms with Gasteiger partial charge in [0.2, 0.25) is 5.91 Å². The molecule has 0 saturated carbocycles. The molecule has 4 rings (SSSR count). The van der Waals surface area contributed by atoms with Crippen molar-refractivity contribution in [3.8, 4) is 0 Å². The Morgan fingerprint density at radius 1 is 1.03 bits per heavy atom. The van der Waals surface area contributed by atoms with Gasteiger partial charge in [0.25, 0.3) is 0 Å². The molecule has 0 atom stereocenters. The number of carbonyl (C=O) groups is 1. The maximum atomic E-state index is 13.1. The lowest BCUT2D eigenvalue weighted by atomic mass is 10.2. The smallest absolute Gasteiger partial charge is 0.350 e. The van der Waals surface area contributed by atoms with E-state index in [1.807, 2.05) is 37.3 Å². The molecule has 0 saturated heterocycles. The average molecular weight is 416 g/mol. The molecule has 156 valence electrons. The van der Waals surface area contributed by atoms with Gasteiger partial charge in [-0.25, -0.2) is 9.18 Å². The SMILES string of the molecule is Cc1cccc(NC(=O)Cn2c(=O)nc(NCc3ccc(F)cc3)c3ccccc32)c1. The third-order valence-corrected chi connectivity index (χ3v) is 4.87. The standard InChI is InChI=1S/C24H21FN4O2/c1-16-5-4-6-19(13-16)27-22(30)15-29-21-8-3-2-7-20(21)23(28-24(29)31)26-14-17-9-11-18(25)12-10-17/h2-13H,14-15H2,1H3,(H,27,30)(H,26,28,31). The van der Waals surface area contributed by atoms with Crippen LogP contribution < -0.4 is 16.3 Å². The highest BCUT2D eigenvalue weighted by atomic mass is 19.1. The van der Waals surface area contributed by atoms with Crippen LogP contribution in [-0.4, -0.2) is 15.5 Å². The fraction of sp³-hybridized carbons (Fsp3) is 0.125. The number of amides is 1. The molecule has 7 heteroatoms. The number of nitrogens with one attached hydrogen (secondary N) is 2. The topological polar surface area (TPSA) is 76.0 Å². The molecule has 1 amide bonds. The van der Waals surface area contributed by atoms with Gasteiger partial charge >= 0.3 is 5.69 Å². The van der Waals surface area contributed by atoms with Gasteiger partial charge in [-0.05, 0) is 54.4 Å². The summed E-state index contributed by atoms with van der Waals surface area (Å²) in [6.45, 7) is 2.17. The zero-order chi connectivity index (χ0) is 21.8. The third-order valence-electron chi connectivity index (χ3n) is 4.87. The van der Waals surface area contributed by atoms with Crippen LogP contribution in [0.5, 0.6) is 0 Å². The number of rotatable bonds is 6. The molecular weight excluding hydrogens is 395 g/mol. The molecule has 0 fully saturated rings. The van der Waals surface area contributed by atoms with Crippen molar-refractivity contribution in [3.63, 3.8) is 0 Å². The first kappa shape index (κ1) is 20.3. The molecule has 6 nitrogen and oxygen atoms in total. The van der Waals surface area contributed by atoms with E-state index in [1.165, 1.54) is 16.7 Å². The van der Waals surface area contributed by atoms with E-state index in [0.29, 0.717) is 29.0 Å². The lowest BCUT2D eigenvalue weighted by Gasteiger charge is -2.14. The van der Waals surface area contributed by atoms with E-state index in [-0.39, 0.29) is 18.3 Å². The van der Waals surface area contributed by atoms with Gasteiger partial charge in [-0.1, -0.05) is 36.4 Å². The van der Waals surface area contributed by atoms with Crippen molar-refractivity contribution in [1.82, 2.24) is 9.55 Å². The number of fused-ring (bicyclic) bond motifs is 1. The Morgan fingerprint density at radius 3 is 2.58 bits per heavy atom. The van der Waals surface area contributed by atoms with Gasteiger partial charge in [-0.15, -0.1) is 0 Å². The van der Waals surface area contributed by atoms with Crippen LogP contribution in [0.15, 0.2) is 77.6 Å². The maximum absolute atomic E-state index is 13.1. The fourth-order valence-electron chi connectivity index (χ4n) is 3.37. The number of para-hydroxylation sites is 1. The second-order valence-corrected chi connectivity index (χ2v) is 7.24. The van der Waals surface area contributed by atoms with E-state index in [1.54, 1.807) is 30.3 Å². The molecule has 0 spiro atoms. The van der Waals surface area contributed by atoms with Gasteiger partial charge in [0.1, 0.15) is 18.2 Å². The Labute approximate surface area is 178 Å². The number of aromatic nitrogens is 2. The molecule has 0 unspecified atom stereocenters. The van der Waals surface area contributed by atoms with Crippen LogP contribution in [0.4, 0.5) is 15.9 Å². The third kappa shape index (κ3) is 4.78. The molecule has 0 aliphatic carbocycles. The van der Waals surface area contributed by atoms with E-state index >= 15 is 0 Å². The van der Waals surface area contributed by atoms with Crippen molar-refractivity contribution in [2.45, 2.75) is 20.0 Å². The Morgan fingerprint density at radius 2 is 1.81 bits per heavy atom. The normalized spacial score (nSPS) is 10.8. The van der Waals surface area contributed by atoms with Crippen LogP contribution >= 0.6 is 0 Å². The molecule has 1 heterocycles. The number of nitrogens with zero attached hydrogens (tertiary/aromatic N) is 2. The predicted molar refractivity (Wildman–Crippen MR) is 120 cm³/mol. The summed E-state index contributed by atoms with van der Waals surface area (Å²) in [6, 6.07) is 20.8. The van der Waals surface area contributed by atoms with Crippen molar-refractivity contribution < 1.29 is 9.18 Å². The highest BCUT2D eigenvalue weighted by Gasteiger charge is 2.13. The van der Waals surface area contributed by atoms with Crippen molar-refractivity contribution in [2.75, 3.05) is 10.6 Å². The average Bonchev–Trinajstić information content (AvgIpc) is 2.75. The molecule has 2 N–H and O–H groups in total. The number of benzene rings is 3. The molecule has 0 aliphatic rings. The van der Waals surface area contributed by atoms with Crippen LogP contribution in [0.3, 0.4) is 0 Å². The van der Waals surface area contributed by atoms with Crippen LogP contribution in [0, 0.1) is 12.7 Å². The largest absolute Gasteiger partial charge is 0.365 e. The molecular formula is C24H21FN4O2. The minimum Gasteiger partial charge on any atom is -0.365 e. The number of carbonyl (C=O) groups excluding carboxylic acids is 1. The van der Waals surface area contributed by atoms with Crippen LogP contribution in [0.2, 0.25) is 0 Å². The lowest BCUT2D eigenvalue weighted by Crippen LogP contribution is -2.30. The molecule has 3 aromatic carbocycles. The van der Waals surface area contributed by atoms with E-state index in [9.17, 15) is 14.0 Å². The first-order chi connectivity index (χ1) is 15.0. The predicted octanol–water partition coefficient (Wildman–Crippen LogP) is 4.09. The summed E-state index contributed by atoms with van der Waals surface area (Å²) in [5.74, 6) is -0.203. The number of anilines is 2. The Balaban J connectivity index is 1.59. The Hall–Kier alpha value is -4.00. The fourth-order valence-corrected chi connectivity index (χ4v) is 3.37. The first-order valence-corrected chi connectivity index (χ1v) is 9.84. The lowest BCUT2D eigenvalue weighted by molar-refractivity contribution is -0.116. The molecule has 31 heavy (non-hydrogen) atoms. The summed E-state index contributed by atoms with van der Waals surface area (Å²) < 4.78 is 14.5. The van der Waals surface area contributed by atoms with Gasteiger partial charge in [-0.3, -0.25) is 9.36 Å². The molecule has 4 aromatic rings. The summed E-state index contributed by atoms with van der Waals surface area (Å²) in [4.78, 5) is 29.5. The number of halogens is 1. The monoisotopic (exact) mass is 416 g/mol. The van der Waals surface area contributed by atoms with Crippen molar-refractivity contribution in [3.05, 3.63) is 100 Å². The van der Waals surface area contributed by atoms with Crippen molar-refractivity contribution >= 4 is 28.3 Å². The maximum Gasteiger partial charge on any atom is 0.350 e. The summed E-state index contributed by atoms with van der Waals surface area (Å²) in [5, 5.41) is 6.68. The zero-order valence-corrected chi connectivity index (χ0v) is 16.9. The van der Waals surface area contributed by atoms with E-state index in [0.717, 1.165) is 11.1 Å². The second-order valence-electron chi connectivity index (χ2n) is 7.24. The number of hydrogen-bond donors (Lipinski definition) is 2. The minimum atomic E-state index is -0.528. The minimum absolute atomic E-state index is 0.154. The molecule has 0 bridgehead atoms. The molecule has 0 aliphatic heterocycles. The van der Waals surface area contributed by atoms with E-state index in [4.69, 9.17) is 0 Å². The Kier molecular flexibility index (Phi) is 5.75. The number of aryl methyl sites for hydroxylation is 1. The summed E-state index contributed by atoms with van der Waals surface area (Å²) >= 11 is 0. The van der Waals surface area contributed by atoms with Crippen molar-refractivity contribution in [1.29, 1.82) is 0 Å². The highest BCUT2D eigenvalue weighted by molar-refractivity contribution is 5.93. The van der Waals surface area contributed by atoms with Gasteiger partial charge in [0.05, 0.1) is 5.52 Å².